The number of alkyl halides is 3. The Bertz CT molecular complexity index is 751. The lowest BCUT2D eigenvalue weighted by atomic mass is 9.94. The van der Waals surface area contributed by atoms with E-state index in [0.29, 0.717) is 0 Å². The van der Waals surface area contributed by atoms with Gasteiger partial charge in [-0.2, -0.15) is 13.2 Å². The van der Waals surface area contributed by atoms with E-state index in [9.17, 15) is 27.9 Å². The molecule has 0 bridgehead atoms. The van der Waals surface area contributed by atoms with Crippen LogP contribution >= 0.6 is 0 Å². The first-order valence-electron chi connectivity index (χ1n) is 5.99. The number of rotatable bonds is 3. The standard InChI is InChI=1S/C15H9F3O4/c16-15(17,18)9-4-1-3-8(7-9)10-5-2-6-11(13(19)20)12(10)14(21)22/h1-7H,(H,19,20)(H,21,22). The lowest BCUT2D eigenvalue weighted by Crippen LogP contribution is -2.10. The van der Waals surface area contributed by atoms with Crippen molar-refractivity contribution in [3.63, 3.8) is 0 Å². The van der Waals surface area contributed by atoms with Gasteiger partial charge < -0.3 is 10.2 Å². The number of benzene rings is 2. The average molecular weight is 310 g/mol. The van der Waals surface area contributed by atoms with E-state index in [1.165, 1.54) is 18.2 Å². The summed E-state index contributed by atoms with van der Waals surface area (Å²) in [6.07, 6.45) is -4.58. The van der Waals surface area contributed by atoms with Gasteiger partial charge in [-0.05, 0) is 29.3 Å². The second kappa shape index (κ2) is 5.51. The third kappa shape index (κ3) is 2.93. The highest BCUT2D eigenvalue weighted by molar-refractivity contribution is 6.06. The molecule has 114 valence electrons. The van der Waals surface area contributed by atoms with Crippen LogP contribution in [0.2, 0.25) is 0 Å². The van der Waals surface area contributed by atoms with Crippen molar-refractivity contribution in [1.29, 1.82) is 0 Å². The van der Waals surface area contributed by atoms with E-state index in [2.05, 4.69) is 0 Å². The van der Waals surface area contributed by atoms with Crippen molar-refractivity contribution >= 4 is 11.9 Å². The number of aromatic carboxylic acids is 2. The zero-order valence-corrected chi connectivity index (χ0v) is 10.9. The van der Waals surface area contributed by atoms with Crippen molar-refractivity contribution in [3.8, 4) is 11.1 Å². The molecule has 0 aliphatic heterocycles. The summed E-state index contributed by atoms with van der Waals surface area (Å²) in [5.74, 6) is -2.99. The Hall–Kier alpha value is -2.83. The normalized spacial score (nSPS) is 11.2. The molecule has 0 aliphatic carbocycles. The predicted molar refractivity (Wildman–Crippen MR) is 70.8 cm³/mol. The monoisotopic (exact) mass is 310 g/mol. The third-order valence-electron chi connectivity index (χ3n) is 3.01. The van der Waals surface area contributed by atoms with Crippen LogP contribution in [0.4, 0.5) is 13.2 Å². The number of carboxylic acids is 2. The molecule has 0 radical (unpaired) electrons. The van der Waals surface area contributed by atoms with Gasteiger partial charge >= 0.3 is 18.1 Å². The van der Waals surface area contributed by atoms with Crippen LogP contribution in [0.1, 0.15) is 26.3 Å². The van der Waals surface area contributed by atoms with Crippen LogP contribution in [0, 0.1) is 0 Å². The molecule has 4 nitrogen and oxygen atoms in total. The maximum atomic E-state index is 12.7. The lowest BCUT2D eigenvalue weighted by Gasteiger charge is -2.12. The highest BCUT2D eigenvalue weighted by Crippen LogP contribution is 2.33. The highest BCUT2D eigenvalue weighted by Gasteiger charge is 2.31. The van der Waals surface area contributed by atoms with Crippen LogP contribution in [-0.2, 0) is 6.18 Å². The molecular weight excluding hydrogens is 301 g/mol. The van der Waals surface area contributed by atoms with Gasteiger partial charge in [0, 0.05) is 0 Å². The molecule has 0 aromatic heterocycles. The Kier molecular flexibility index (Phi) is 3.90. The summed E-state index contributed by atoms with van der Waals surface area (Å²) in [4.78, 5) is 22.4. The topological polar surface area (TPSA) is 74.6 Å². The maximum Gasteiger partial charge on any atom is 0.416 e. The Balaban J connectivity index is 2.71. The summed E-state index contributed by atoms with van der Waals surface area (Å²) >= 11 is 0. The van der Waals surface area contributed by atoms with Gasteiger partial charge in [0.05, 0.1) is 16.7 Å². The van der Waals surface area contributed by atoms with Crippen molar-refractivity contribution in [3.05, 3.63) is 59.2 Å². The molecule has 0 saturated heterocycles. The van der Waals surface area contributed by atoms with Gasteiger partial charge in [-0.3, -0.25) is 0 Å². The second-order valence-electron chi connectivity index (χ2n) is 4.42. The zero-order chi connectivity index (χ0) is 16.5. The fourth-order valence-electron chi connectivity index (χ4n) is 2.06. The van der Waals surface area contributed by atoms with E-state index < -0.39 is 34.8 Å². The van der Waals surface area contributed by atoms with Crippen molar-refractivity contribution < 1.29 is 33.0 Å². The molecule has 0 unspecified atom stereocenters. The van der Waals surface area contributed by atoms with E-state index >= 15 is 0 Å². The summed E-state index contributed by atoms with van der Waals surface area (Å²) in [7, 11) is 0. The molecule has 0 aliphatic rings. The first-order valence-corrected chi connectivity index (χ1v) is 5.99. The average Bonchev–Trinajstić information content (AvgIpc) is 2.45. The molecule has 7 heteroatoms. The molecule has 2 rings (SSSR count). The van der Waals surface area contributed by atoms with E-state index in [1.54, 1.807) is 0 Å². The van der Waals surface area contributed by atoms with Crippen LogP contribution in [0.25, 0.3) is 11.1 Å². The molecule has 0 heterocycles. The van der Waals surface area contributed by atoms with Crippen LogP contribution < -0.4 is 0 Å². The van der Waals surface area contributed by atoms with Crippen LogP contribution in [-0.4, -0.2) is 22.2 Å². The van der Waals surface area contributed by atoms with E-state index in [1.807, 2.05) is 0 Å². The molecule has 0 spiro atoms. The SMILES string of the molecule is O=C(O)c1cccc(-c2cccc(C(F)(F)F)c2)c1C(=O)O. The van der Waals surface area contributed by atoms with Gasteiger partial charge in [0.2, 0.25) is 0 Å². The molecule has 2 aromatic rings. The Morgan fingerprint density at radius 2 is 1.55 bits per heavy atom. The summed E-state index contributed by atoms with van der Waals surface area (Å²) in [5, 5.41) is 18.2. The van der Waals surface area contributed by atoms with Crippen LogP contribution in [0.15, 0.2) is 42.5 Å². The predicted octanol–water partition coefficient (Wildman–Crippen LogP) is 3.77. The van der Waals surface area contributed by atoms with Crippen LogP contribution in [0.3, 0.4) is 0 Å². The highest BCUT2D eigenvalue weighted by atomic mass is 19.4. The summed E-state index contributed by atoms with van der Waals surface area (Å²) in [6.45, 7) is 0. The van der Waals surface area contributed by atoms with E-state index in [4.69, 9.17) is 5.11 Å². The van der Waals surface area contributed by atoms with Crippen molar-refractivity contribution in [2.45, 2.75) is 6.18 Å². The Morgan fingerprint density at radius 3 is 2.09 bits per heavy atom. The third-order valence-corrected chi connectivity index (χ3v) is 3.01. The van der Waals surface area contributed by atoms with Gasteiger partial charge in [0.1, 0.15) is 0 Å². The number of carboxylic acid groups (broad SMARTS) is 2. The fourth-order valence-corrected chi connectivity index (χ4v) is 2.06. The number of hydrogen-bond acceptors (Lipinski definition) is 2. The molecule has 22 heavy (non-hydrogen) atoms. The molecule has 0 fully saturated rings. The van der Waals surface area contributed by atoms with Crippen LogP contribution in [0.5, 0.6) is 0 Å². The Labute approximate surface area is 122 Å². The molecule has 2 aromatic carbocycles. The van der Waals surface area contributed by atoms with Crippen molar-refractivity contribution in [1.82, 2.24) is 0 Å². The summed E-state index contributed by atoms with van der Waals surface area (Å²) in [6, 6.07) is 7.71. The fraction of sp³-hybridized carbons (Fsp3) is 0.0667. The summed E-state index contributed by atoms with van der Waals surface area (Å²) in [5.41, 5.74) is -2.08. The Morgan fingerprint density at radius 1 is 0.909 bits per heavy atom. The number of hydrogen-bond donors (Lipinski definition) is 2. The smallest absolute Gasteiger partial charge is 0.416 e. The van der Waals surface area contributed by atoms with E-state index in [0.717, 1.165) is 24.3 Å². The van der Waals surface area contributed by atoms with Crippen molar-refractivity contribution in [2.75, 3.05) is 0 Å². The molecule has 0 atom stereocenters. The summed E-state index contributed by atoms with van der Waals surface area (Å²) < 4.78 is 38.2. The molecular formula is C15H9F3O4. The van der Waals surface area contributed by atoms with Gasteiger partial charge in [-0.25, -0.2) is 9.59 Å². The number of halogens is 3. The second-order valence-corrected chi connectivity index (χ2v) is 4.42. The minimum atomic E-state index is -4.58. The largest absolute Gasteiger partial charge is 0.478 e. The minimum Gasteiger partial charge on any atom is -0.478 e. The van der Waals surface area contributed by atoms with Gasteiger partial charge in [-0.15, -0.1) is 0 Å². The first-order chi connectivity index (χ1) is 10.2. The first kappa shape index (κ1) is 15.6. The van der Waals surface area contributed by atoms with Gasteiger partial charge in [0.15, 0.2) is 0 Å². The van der Waals surface area contributed by atoms with Gasteiger partial charge in [-0.1, -0.05) is 24.3 Å². The van der Waals surface area contributed by atoms with E-state index in [-0.39, 0.29) is 11.1 Å². The maximum absolute atomic E-state index is 12.7. The quantitative estimate of drug-likeness (QED) is 0.905. The molecule has 2 N–H and O–H groups in total. The van der Waals surface area contributed by atoms with Crippen molar-refractivity contribution in [2.24, 2.45) is 0 Å². The number of carbonyl (C=O) groups is 2. The van der Waals surface area contributed by atoms with Gasteiger partial charge in [0.25, 0.3) is 0 Å². The zero-order valence-electron chi connectivity index (χ0n) is 10.9. The minimum absolute atomic E-state index is 0.0182. The molecule has 0 saturated carbocycles. The molecule has 0 amide bonds. The lowest BCUT2D eigenvalue weighted by molar-refractivity contribution is -0.137.